The molecule has 0 aliphatic heterocycles. The van der Waals surface area contributed by atoms with Gasteiger partial charge in [-0.1, -0.05) is 12.1 Å². The molecule has 0 aliphatic carbocycles. The molecule has 0 unspecified atom stereocenters. The first kappa shape index (κ1) is 13.9. The standard InChI is InChI=1S/C11H9F3O4/c1-17-10-7(5-6-9(15)16)3-2-4-8(10)18-11(12,13)14/h2-6H,1H3,(H,15,16)/b6-5+. The molecule has 0 amide bonds. The molecule has 98 valence electrons. The zero-order chi connectivity index (χ0) is 13.8. The number of benzene rings is 1. The number of aliphatic carboxylic acids is 1. The molecular formula is C11H9F3O4. The molecule has 0 atom stereocenters. The van der Waals surface area contributed by atoms with Crippen molar-refractivity contribution in [2.24, 2.45) is 0 Å². The van der Waals surface area contributed by atoms with Gasteiger partial charge in [0.25, 0.3) is 0 Å². The van der Waals surface area contributed by atoms with Crippen LogP contribution in [0.3, 0.4) is 0 Å². The van der Waals surface area contributed by atoms with Crippen molar-refractivity contribution in [1.82, 2.24) is 0 Å². The number of alkyl halides is 3. The van der Waals surface area contributed by atoms with Crippen molar-refractivity contribution in [2.45, 2.75) is 6.36 Å². The van der Waals surface area contributed by atoms with Crippen molar-refractivity contribution < 1.29 is 32.5 Å². The first-order valence-electron chi connectivity index (χ1n) is 4.67. The summed E-state index contributed by atoms with van der Waals surface area (Å²) in [5.41, 5.74) is 0.168. The Kier molecular flexibility index (Phi) is 4.19. The van der Waals surface area contributed by atoms with Crippen LogP contribution in [-0.2, 0) is 4.79 Å². The second-order valence-electron chi connectivity index (χ2n) is 3.10. The van der Waals surface area contributed by atoms with E-state index in [2.05, 4.69) is 4.74 Å². The molecule has 18 heavy (non-hydrogen) atoms. The predicted octanol–water partition coefficient (Wildman–Crippen LogP) is 2.69. The Morgan fingerprint density at radius 1 is 1.39 bits per heavy atom. The number of methoxy groups -OCH3 is 1. The highest BCUT2D eigenvalue weighted by atomic mass is 19.4. The molecule has 4 nitrogen and oxygen atoms in total. The number of carbonyl (C=O) groups is 1. The maximum absolute atomic E-state index is 12.1. The quantitative estimate of drug-likeness (QED) is 0.847. The fraction of sp³-hybridized carbons (Fsp3) is 0.182. The van der Waals surface area contributed by atoms with Gasteiger partial charge in [-0.2, -0.15) is 0 Å². The Bertz CT molecular complexity index is 466. The summed E-state index contributed by atoms with van der Waals surface area (Å²) in [5, 5.41) is 8.46. The molecule has 0 aromatic heterocycles. The molecule has 1 aromatic carbocycles. The van der Waals surface area contributed by atoms with Crippen LogP contribution in [0.2, 0.25) is 0 Å². The van der Waals surface area contributed by atoms with E-state index < -0.39 is 18.1 Å². The lowest BCUT2D eigenvalue weighted by molar-refractivity contribution is -0.275. The number of para-hydroxylation sites is 1. The average Bonchev–Trinajstić information content (AvgIpc) is 2.24. The number of ether oxygens (including phenoxy) is 2. The van der Waals surface area contributed by atoms with E-state index in [0.717, 1.165) is 25.3 Å². The van der Waals surface area contributed by atoms with Gasteiger partial charge in [-0.05, 0) is 12.1 Å². The van der Waals surface area contributed by atoms with Gasteiger partial charge in [0.1, 0.15) is 0 Å². The van der Waals surface area contributed by atoms with Crippen LogP contribution in [0.4, 0.5) is 13.2 Å². The number of hydrogen-bond acceptors (Lipinski definition) is 3. The highest BCUT2D eigenvalue weighted by molar-refractivity contribution is 5.86. The zero-order valence-corrected chi connectivity index (χ0v) is 9.19. The van der Waals surface area contributed by atoms with Crippen LogP contribution in [-0.4, -0.2) is 24.5 Å². The second-order valence-corrected chi connectivity index (χ2v) is 3.10. The molecule has 0 saturated heterocycles. The Morgan fingerprint density at radius 2 is 2.06 bits per heavy atom. The van der Waals surface area contributed by atoms with E-state index in [-0.39, 0.29) is 11.3 Å². The van der Waals surface area contributed by atoms with Crippen molar-refractivity contribution in [1.29, 1.82) is 0 Å². The van der Waals surface area contributed by atoms with Crippen molar-refractivity contribution in [3.8, 4) is 11.5 Å². The van der Waals surface area contributed by atoms with E-state index in [4.69, 9.17) is 9.84 Å². The molecule has 0 radical (unpaired) electrons. The summed E-state index contributed by atoms with van der Waals surface area (Å²) in [4.78, 5) is 10.3. The third-order valence-electron chi connectivity index (χ3n) is 1.84. The lowest BCUT2D eigenvalue weighted by atomic mass is 10.1. The second kappa shape index (κ2) is 5.44. The number of carboxylic acid groups (broad SMARTS) is 1. The monoisotopic (exact) mass is 262 g/mol. The first-order chi connectivity index (χ1) is 8.33. The van der Waals surface area contributed by atoms with Crippen LogP contribution in [0, 0.1) is 0 Å². The molecule has 1 rings (SSSR count). The Morgan fingerprint density at radius 3 is 2.56 bits per heavy atom. The smallest absolute Gasteiger partial charge is 0.492 e. The molecule has 1 N–H and O–H groups in total. The highest BCUT2D eigenvalue weighted by Crippen LogP contribution is 2.35. The fourth-order valence-electron chi connectivity index (χ4n) is 1.25. The molecule has 0 fully saturated rings. The van der Waals surface area contributed by atoms with E-state index in [9.17, 15) is 18.0 Å². The van der Waals surface area contributed by atoms with Crippen LogP contribution >= 0.6 is 0 Å². The third-order valence-corrected chi connectivity index (χ3v) is 1.84. The normalized spacial score (nSPS) is 11.6. The van der Waals surface area contributed by atoms with Crippen molar-refractivity contribution in [3.05, 3.63) is 29.8 Å². The van der Waals surface area contributed by atoms with Gasteiger partial charge < -0.3 is 14.6 Å². The summed E-state index contributed by atoms with van der Waals surface area (Å²) in [6.07, 6.45) is -2.94. The average molecular weight is 262 g/mol. The predicted molar refractivity (Wildman–Crippen MR) is 56.3 cm³/mol. The molecule has 0 spiro atoms. The van der Waals surface area contributed by atoms with Gasteiger partial charge in [0.05, 0.1) is 7.11 Å². The molecule has 0 saturated carbocycles. The summed E-state index contributed by atoms with van der Waals surface area (Å²) in [6.45, 7) is 0. The topological polar surface area (TPSA) is 55.8 Å². The van der Waals surface area contributed by atoms with Crippen LogP contribution in [0.15, 0.2) is 24.3 Å². The summed E-state index contributed by atoms with van der Waals surface area (Å²) >= 11 is 0. The molecule has 0 aliphatic rings. The van der Waals surface area contributed by atoms with E-state index >= 15 is 0 Å². The fourth-order valence-corrected chi connectivity index (χ4v) is 1.25. The number of rotatable bonds is 4. The Hall–Kier alpha value is -2.18. The van der Waals surface area contributed by atoms with Crippen LogP contribution < -0.4 is 9.47 Å². The number of halogens is 3. The lowest BCUT2D eigenvalue weighted by Gasteiger charge is -2.13. The highest BCUT2D eigenvalue weighted by Gasteiger charge is 2.32. The largest absolute Gasteiger partial charge is 0.573 e. The van der Waals surface area contributed by atoms with Crippen LogP contribution in [0.1, 0.15) is 5.56 Å². The van der Waals surface area contributed by atoms with E-state index in [1.807, 2.05) is 0 Å². The minimum atomic E-state index is -4.84. The minimum absolute atomic E-state index is 0.168. The maximum atomic E-state index is 12.1. The van der Waals surface area contributed by atoms with Gasteiger partial charge >= 0.3 is 12.3 Å². The SMILES string of the molecule is COc1c(/C=C/C(=O)O)cccc1OC(F)(F)F. The number of carboxylic acids is 1. The van der Waals surface area contributed by atoms with Gasteiger partial charge in [-0.15, -0.1) is 13.2 Å². The Labute approximate surface area is 100 Å². The molecule has 7 heteroatoms. The van der Waals surface area contributed by atoms with E-state index in [1.165, 1.54) is 12.1 Å². The zero-order valence-electron chi connectivity index (χ0n) is 9.19. The molecule has 0 heterocycles. The van der Waals surface area contributed by atoms with Crippen LogP contribution in [0.5, 0.6) is 11.5 Å². The summed E-state index contributed by atoms with van der Waals surface area (Å²) in [5.74, 6) is -1.94. The molecule has 1 aromatic rings. The summed E-state index contributed by atoms with van der Waals surface area (Å²) < 4.78 is 44.9. The Balaban J connectivity index is 3.14. The lowest BCUT2D eigenvalue weighted by Crippen LogP contribution is -2.17. The summed E-state index contributed by atoms with van der Waals surface area (Å²) in [6, 6.07) is 3.77. The van der Waals surface area contributed by atoms with E-state index in [1.54, 1.807) is 0 Å². The van der Waals surface area contributed by atoms with Crippen molar-refractivity contribution >= 4 is 12.0 Å². The minimum Gasteiger partial charge on any atom is -0.492 e. The van der Waals surface area contributed by atoms with E-state index in [0.29, 0.717) is 0 Å². The van der Waals surface area contributed by atoms with Gasteiger partial charge in [0, 0.05) is 11.6 Å². The van der Waals surface area contributed by atoms with Gasteiger partial charge in [-0.3, -0.25) is 0 Å². The first-order valence-corrected chi connectivity index (χ1v) is 4.67. The number of hydrogen-bond donors (Lipinski definition) is 1. The summed E-state index contributed by atoms with van der Waals surface area (Å²) in [7, 11) is 1.16. The van der Waals surface area contributed by atoms with Crippen molar-refractivity contribution in [3.63, 3.8) is 0 Å². The van der Waals surface area contributed by atoms with Gasteiger partial charge in [0.15, 0.2) is 11.5 Å². The van der Waals surface area contributed by atoms with Gasteiger partial charge in [0.2, 0.25) is 0 Å². The van der Waals surface area contributed by atoms with Crippen LogP contribution in [0.25, 0.3) is 6.08 Å². The maximum Gasteiger partial charge on any atom is 0.573 e. The van der Waals surface area contributed by atoms with Gasteiger partial charge in [-0.25, -0.2) is 4.79 Å². The third kappa shape index (κ3) is 4.00. The molecule has 0 bridgehead atoms. The van der Waals surface area contributed by atoms with Crippen molar-refractivity contribution in [2.75, 3.05) is 7.11 Å². The molecular weight excluding hydrogens is 253 g/mol.